The lowest BCUT2D eigenvalue weighted by Gasteiger charge is -2.40. The van der Waals surface area contributed by atoms with Crippen LogP contribution in [0.15, 0.2) is 47.8 Å². The fourth-order valence-electron chi connectivity index (χ4n) is 3.93. The number of benzene rings is 1. The summed E-state index contributed by atoms with van der Waals surface area (Å²) in [6, 6.07) is 5.94. The van der Waals surface area contributed by atoms with E-state index in [2.05, 4.69) is 26.7 Å². The van der Waals surface area contributed by atoms with Crippen LogP contribution >= 0.6 is 0 Å². The molecule has 3 aliphatic rings. The van der Waals surface area contributed by atoms with Gasteiger partial charge in [0.15, 0.2) is 5.79 Å². The Morgan fingerprint density at radius 3 is 2.25 bits per heavy atom. The smallest absolute Gasteiger partial charge is 0.406 e. The molecular weight excluding hydrogens is 373 g/mol. The third-order valence-electron chi connectivity index (χ3n) is 5.35. The van der Waals surface area contributed by atoms with Crippen LogP contribution in [0.2, 0.25) is 0 Å². The van der Waals surface area contributed by atoms with E-state index in [1.807, 2.05) is 6.92 Å². The van der Waals surface area contributed by atoms with Crippen LogP contribution in [0.1, 0.15) is 19.8 Å². The van der Waals surface area contributed by atoms with Crippen molar-refractivity contribution >= 4 is 5.69 Å². The van der Waals surface area contributed by atoms with Gasteiger partial charge in [-0.2, -0.15) is 0 Å². The second kappa shape index (κ2) is 7.33. The Hall–Kier alpha value is -2.19. The van der Waals surface area contributed by atoms with Gasteiger partial charge in [-0.3, -0.25) is 0 Å². The first-order chi connectivity index (χ1) is 13.3. The minimum absolute atomic E-state index is 0.218. The predicted octanol–water partition coefficient (Wildman–Crippen LogP) is 4.03. The monoisotopic (exact) mass is 396 g/mol. The maximum absolute atomic E-state index is 12.3. The highest BCUT2D eigenvalue weighted by atomic mass is 19.4. The number of allylic oxidation sites excluding steroid dienone is 2. The van der Waals surface area contributed by atoms with E-state index in [4.69, 9.17) is 9.47 Å². The van der Waals surface area contributed by atoms with E-state index in [0.717, 1.165) is 37.3 Å². The number of nitrogens with zero attached hydrogens (tertiary/aromatic N) is 2. The molecule has 0 atom stereocenters. The third-order valence-corrected chi connectivity index (χ3v) is 5.35. The molecule has 8 heteroatoms. The molecule has 28 heavy (non-hydrogen) atoms. The van der Waals surface area contributed by atoms with Crippen LogP contribution in [0.5, 0.6) is 5.75 Å². The third kappa shape index (κ3) is 4.12. The number of piperidine rings is 1. The fourth-order valence-corrected chi connectivity index (χ4v) is 3.93. The van der Waals surface area contributed by atoms with Crippen LogP contribution in [-0.2, 0) is 9.47 Å². The topological polar surface area (TPSA) is 34.2 Å². The van der Waals surface area contributed by atoms with Gasteiger partial charge in [0.05, 0.1) is 13.2 Å². The SMILES string of the molecule is CC1=CC(N2CCC3(CC2)OCCO3)=CCN1c1ccc(OC(F)(F)F)cc1. The average Bonchev–Trinajstić information content (AvgIpc) is 3.10. The quantitative estimate of drug-likeness (QED) is 0.771. The average molecular weight is 396 g/mol. The van der Waals surface area contributed by atoms with E-state index in [0.29, 0.717) is 19.8 Å². The zero-order chi connectivity index (χ0) is 19.8. The minimum Gasteiger partial charge on any atom is -0.406 e. The highest BCUT2D eigenvalue weighted by Crippen LogP contribution is 2.34. The normalized spacial score (nSPS) is 22.3. The molecule has 0 amide bonds. The number of ether oxygens (including phenoxy) is 3. The molecule has 3 heterocycles. The van der Waals surface area contributed by atoms with Crippen LogP contribution in [0.3, 0.4) is 0 Å². The Morgan fingerprint density at radius 2 is 1.68 bits per heavy atom. The number of halogens is 3. The first-order valence-corrected chi connectivity index (χ1v) is 9.38. The number of anilines is 1. The molecule has 0 bridgehead atoms. The van der Waals surface area contributed by atoms with Gasteiger partial charge in [0.25, 0.3) is 0 Å². The molecule has 4 rings (SSSR count). The van der Waals surface area contributed by atoms with E-state index in [1.165, 1.54) is 17.8 Å². The van der Waals surface area contributed by atoms with Gasteiger partial charge in [-0.1, -0.05) is 0 Å². The van der Waals surface area contributed by atoms with Crippen molar-refractivity contribution in [2.75, 3.05) is 37.7 Å². The number of likely N-dealkylation sites (tertiary alicyclic amines) is 1. The molecule has 0 saturated carbocycles. The van der Waals surface area contributed by atoms with Crippen molar-refractivity contribution in [1.29, 1.82) is 0 Å². The van der Waals surface area contributed by atoms with Gasteiger partial charge in [0.2, 0.25) is 0 Å². The van der Waals surface area contributed by atoms with Crippen molar-refractivity contribution in [2.45, 2.75) is 31.9 Å². The Bertz CT molecular complexity index is 758. The van der Waals surface area contributed by atoms with Gasteiger partial charge in [0, 0.05) is 49.6 Å². The first kappa shape index (κ1) is 19.1. The maximum atomic E-state index is 12.3. The standard InChI is InChI=1S/C20H23F3N2O3/c1-15-14-17(24-10-7-19(8-11-24)26-12-13-27-19)6-9-25(15)16-2-4-18(5-3-16)28-20(21,22)23/h2-6,14H,7-13H2,1H3. The molecule has 1 aromatic rings. The van der Waals surface area contributed by atoms with Gasteiger partial charge in [0.1, 0.15) is 5.75 Å². The first-order valence-electron chi connectivity index (χ1n) is 9.38. The number of hydrogen-bond donors (Lipinski definition) is 0. The molecule has 0 aliphatic carbocycles. The second-order valence-corrected chi connectivity index (χ2v) is 7.16. The summed E-state index contributed by atoms with van der Waals surface area (Å²) >= 11 is 0. The van der Waals surface area contributed by atoms with Crippen molar-refractivity contribution in [3.63, 3.8) is 0 Å². The Balaban J connectivity index is 1.38. The molecule has 0 unspecified atom stereocenters. The van der Waals surface area contributed by atoms with Crippen molar-refractivity contribution < 1.29 is 27.4 Å². The van der Waals surface area contributed by atoms with Gasteiger partial charge in [-0.25, -0.2) is 0 Å². The highest BCUT2D eigenvalue weighted by molar-refractivity contribution is 5.56. The summed E-state index contributed by atoms with van der Waals surface area (Å²) in [5.74, 6) is -0.610. The van der Waals surface area contributed by atoms with E-state index in [-0.39, 0.29) is 5.75 Å². The van der Waals surface area contributed by atoms with Gasteiger partial charge in [-0.15, -0.1) is 13.2 Å². The molecule has 1 aromatic carbocycles. The molecule has 3 aliphatic heterocycles. The summed E-state index contributed by atoms with van der Waals surface area (Å²) in [5, 5.41) is 0. The van der Waals surface area contributed by atoms with Crippen LogP contribution in [-0.4, -0.2) is 49.9 Å². The molecule has 2 saturated heterocycles. The van der Waals surface area contributed by atoms with Crippen molar-refractivity contribution in [2.24, 2.45) is 0 Å². The second-order valence-electron chi connectivity index (χ2n) is 7.16. The number of alkyl halides is 3. The summed E-state index contributed by atoms with van der Waals surface area (Å²) in [6.45, 7) is 5.75. The number of rotatable bonds is 3. The van der Waals surface area contributed by atoms with Crippen LogP contribution in [0.4, 0.5) is 18.9 Å². The summed E-state index contributed by atoms with van der Waals surface area (Å²) in [7, 11) is 0. The van der Waals surface area contributed by atoms with E-state index in [1.54, 1.807) is 12.1 Å². The highest BCUT2D eigenvalue weighted by Gasteiger charge is 2.40. The van der Waals surface area contributed by atoms with E-state index < -0.39 is 12.1 Å². The summed E-state index contributed by atoms with van der Waals surface area (Å²) in [6.07, 6.45) is 1.27. The number of hydrogen-bond acceptors (Lipinski definition) is 5. The Labute approximate surface area is 162 Å². The molecule has 0 N–H and O–H groups in total. The summed E-state index contributed by atoms with van der Waals surface area (Å²) < 4.78 is 52.4. The van der Waals surface area contributed by atoms with Crippen molar-refractivity contribution in [1.82, 2.24) is 4.90 Å². The Kier molecular flexibility index (Phi) is 5.01. The fraction of sp³-hybridized carbons (Fsp3) is 0.500. The summed E-state index contributed by atoms with van der Waals surface area (Å²) in [4.78, 5) is 4.38. The van der Waals surface area contributed by atoms with Crippen molar-refractivity contribution in [3.05, 3.63) is 47.8 Å². The minimum atomic E-state index is -4.68. The molecule has 0 radical (unpaired) electrons. The van der Waals surface area contributed by atoms with Crippen LogP contribution in [0, 0.1) is 0 Å². The van der Waals surface area contributed by atoms with E-state index in [9.17, 15) is 13.2 Å². The molecule has 5 nitrogen and oxygen atoms in total. The van der Waals surface area contributed by atoms with Gasteiger partial charge >= 0.3 is 6.36 Å². The van der Waals surface area contributed by atoms with Gasteiger partial charge < -0.3 is 24.0 Å². The van der Waals surface area contributed by atoms with Gasteiger partial charge in [-0.05, 0) is 43.3 Å². The molecular formula is C20H23F3N2O3. The largest absolute Gasteiger partial charge is 0.573 e. The molecule has 152 valence electrons. The van der Waals surface area contributed by atoms with Crippen LogP contribution in [0.25, 0.3) is 0 Å². The zero-order valence-corrected chi connectivity index (χ0v) is 15.7. The zero-order valence-electron chi connectivity index (χ0n) is 15.7. The maximum Gasteiger partial charge on any atom is 0.573 e. The molecule has 0 aromatic heterocycles. The lowest BCUT2D eigenvalue weighted by Crippen LogP contribution is -2.45. The molecule has 1 spiro atoms. The Morgan fingerprint density at radius 1 is 1.04 bits per heavy atom. The summed E-state index contributed by atoms with van der Waals surface area (Å²) in [5.41, 5.74) is 3.03. The van der Waals surface area contributed by atoms with E-state index >= 15 is 0 Å². The van der Waals surface area contributed by atoms with Crippen molar-refractivity contribution in [3.8, 4) is 5.75 Å². The lowest BCUT2D eigenvalue weighted by molar-refractivity contribution is -0.274. The van der Waals surface area contributed by atoms with Crippen LogP contribution < -0.4 is 9.64 Å². The lowest BCUT2D eigenvalue weighted by atomic mass is 10.0. The molecule has 2 fully saturated rings. The predicted molar refractivity (Wildman–Crippen MR) is 97.8 cm³/mol.